The average Bonchev–Trinajstić information content (AvgIpc) is 2.86. The molecule has 0 unspecified atom stereocenters. The molecular formula is C13H9FO4S. The fourth-order valence-corrected chi connectivity index (χ4v) is 2.44. The molecule has 2 rings (SSSR count). The highest BCUT2D eigenvalue weighted by Crippen LogP contribution is 2.29. The van der Waals surface area contributed by atoms with E-state index in [1.165, 1.54) is 42.0 Å². The number of hydrogen-bond donors (Lipinski definition) is 1. The Morgan fingerprint density at radius 2 is 1.95 bits per heavy atom. The van der Waals surface area contributed by atoms with Crippen molar-refractivity contribution in [1.29, 1.82) is 0 Å². The molecule has 0 aliphatic rings. The third-order valence-electron chi connectivity index (χ3n) is 2.45. The number of ether oxygens (including phenoxy) is 1. The number of carbonyl (C=O) groups excluding carboxylic acids is 1. The van der Waals surface area contributed by atoms with Gasteiger partial charge in [0.25, 0.3) is 0 Å². The van der Waals surface area contributed by atoms with Crippen LogP contribution in [0.25, 0.3) is 10.4 Å². The molecule has 98 valence electrons. The molecule has 0 aliphatic carbocycles. The van der Waals surface area contributed by atoms with Gasteiger partial charge in [-0.15, -0.1) is 11.3 Å². The van der Waals surface area contributed by atoms with E-state index in [1.807, 2.05) is 0 Å². The van der Waals surface area contributed by atoms with Crippen molar-refractivity contribution >= 4 is 23.3 Å². The molecule has 0 amide bonds. The molecule has 19 heavy (non-hydrogen) atoms. The SMILES string of the molecule is COC(=O)c1cc(F)cc(-c2cc(C(=O)O)cs2)c1. The van der Waals surface area contributed by atoms with Crippen molar-refractivity contribution in [2.45, 2.75) is 0 Å². The molecule has 0 atom stereocenters. The Morgan fingerprint density at radius 3 is 2.53 bits per heavy atom. The minimum atomic E-state index is -1.05. The molecule has 4 nitrogen and oxygen atoms in total. The zero-order valence-electron chi connectivity index (χ0n) is 9.84. The maximum absolute atomic E-state index is 13.5. The van der Waals surface area contributed by atoms with E-state index in [1.54, 1.807) is 0 Å². The molecule has 1 N–H and O–H groups in total. The lowest BCUT2D eigenvalue weighted by molar-refractivity contribution is 0.0599. The lowest BCUT2D eigenvalue weighted by atomic mass is 10.1. The Hall–Kier alpha value is -2.21. The first-order valence-electron chi connectivity index (χ1n) is 5.22. The first-order chi connectivity index (χ1) is 9.01. The summed E-state index contributed by atoms with van der Waals surface area (Å²) < 4.78 is 18.0. The van der Waals surface area contributed by atoms with Crippen LogP contribution in [0.2, 0.25) is 0 Å². The van der Waals surface area contributed by atoms with Gasteiger partial charge in [0.05, 0.1) is 18.2 Å². The molecule has 0 saturated heterocycles. The number of halogens is 1. The average molecular weight is 280 g/mol. The van der Waals surface area contributed by atoms with Crippen molar-refractivity contribution in [1.82, 2.24) is 0 Å². The number of rotatable bonds is 3. The van der Waals surface area contributed by atoms with Crippen molar-refractivity contribution < 1.29 is 23.8 Å². The molecule has 1 heterocycles. The second kappa shape index (κ2) is 5.19. The third kappa shape index (κ3) is 2.79. The van der Waals surface area contributed by atoms with Gasteiger partial charge < -0.3 is 9.84 Å². The second-order valence-corrected chi connectivity index (χ2v) is 4.64. The van der Waals surface area contributed by atoms with Gasteiger partial charge in [-0.1, -0.05) is 0 Å². The standard InChI is InChI=1S/C13H9FO4S/c1-18-13(17)8-2-7(3-10(14)4-8)11-5-9(6-19-11)12(15)16/h2-6H,1H3,(H,15,16). The van der Waals surface area contributed by atoms with Crippen LogP contribution < -0.4 is 0 Å². The van der Waals surface area contributed by atoms with Crippen LogP contribution in [0.1, 0.15) is 20.7 Å². The van der Waals surface area contributed by atoms with Gasteiger partial charge in [0.15, 0.2) is 0 Å². The minimum Gasteiger partial charge on any atom is -0.478 e. The van der Waals surface area contributed by atoms with Crippen molar-refractivity contribution in [2.24, 2.45) is 0 Å². The number of carbonyl (C=O) groups is 2. The minimum absolute atomic E-state index is 0.0859. The highest BCUT2D eigenvalue weighted by Gasteiger charge is 2.13. The highest BCUT2D eigenvalue weighted by molar-refractivity contribution is 7.13. The zero-order valence-corrected chi connectivity index (χ0v) is 10.7. The molecule has 0 aliphatic heterocycles. The van der Waals surface area contributed by atoms with Crippen LogP contribution in [0.4, 0.5) is 4.39 Å². The topological polar surface area (TPSA) is 63.6 Å². The number of aromatic carboxylic acids is 1. The monoisotopic (exact) mass is 280 g/mol. The number of hydrogen-bond acceptors (Lipinski definition) is 4. The van der Waals surface area contributed by atoms with E-state index in [0.29, 0.717) is 10.4 Å². The number of esters is 1. The molecule has 2 aromatic rings. The number of thiophene rings is 1. The van der Waals surface area contributed by atoms with Gasteiger partial charge in [-0.05, 0) is 29.8 Å². The van der Waals surface area contributed by atoms with Gasteiger partial charge in [-0.25, -0.2) is 14.0 Å². The molecule has 6 heteroatoms. The zero-order chi connectivity index (χ0) is 14.0. The number of carboxylic acids is 1. The van der Waals surface area contributed by atoms with Gasteiger partial charge in [0.1, 0.15) is 5.82 Å². The van der Waals surface area contributed by atoms with Crippen LogP contribution in [0, 0.1) is 5.82 Å². The largest absolute Gasteiger partial charge is 0.478 e. The highest BCUT2D eigenvalue weighted by atomic mass is 32.1. The summed E-state index contributed by atoms with van der Waals surface area (Å²) in [5.41, 5.74) is 0.657. The predicted octanol–water partition coefficient (Wildman–Crippen LogP) is 3.04. The van der Waals surface area contributed by atoms with Crippen LogP contribution >= 0.6 is 11.3 Å². The van der Waals surface area contributed by atoms with Crippen LogP contribution in [0.5, 0.6) is 0 Å². The lowest BCUT2D eigenvalue weighted by Crippen LogP contribution is -2.01. The molecule has 1 aromatic heterocycles. The van der Waals surface area contributed by atoms with Crippen LogP contribution in [0.3, 0.4) is 0 Å². The van der Waals surface area contributed by atoms with E-state index >= 15 is 0 Å². The number of carboxylic acid groups (broad SMARTS) is 1. The summed E-state index contributed by atoms with van der Waals surface area (Å²) >= 11 is 1.17. The van der Waals surface area contributed by atoms with E-state index in [0.717, 1.165) is 6.07 Å². The van der Waals surface area contributed by atoms with E-state index in [2.05, 4.69) is 4.74 Å². The second-order valence-electron chi connectivity index (χ2n) is 3.72. The third-order valence-corrected chi connectivity index (χ3v) is 3.43. The number of methoxy groups -OCH3 is 1. The summed E-state index contributed by atoms with van der Waals surface area (Å²) in [5.74, 6) is -2.27. The van der Waals surface area contributed by atoms with Gasteiger partial charge in [0.2, 0.25) is 0 Å². The lowest BCUT2D eigenvalue weighted by Gasteiger charge is -2.03. The van der Waals surface area contributed by atoms with Gasteiger partial charge in [0, 0.05) is 10.3 Å². The summed E-state index contributed by atoms with van der Waals surface area (Å²) in [5, 5.41) is 10.3. The van der Waals surface area contributed by atoms with Gasteiger partial charge in [-0.3, -0.25) is 0 Å². The fraction of sp³-hybridized carbons (Fsp3) is 0.0769. The molecule has 0 spiro atoms. The van der Waals surface area contributed by atoms with Crippen LogP contribution in [-0.4, -0.2) is 24.2 Å². The van der Waals surface area contributed by atoms with Crippen molar-refractivity contribution in [2.75, 3.05) is 7.11 Å². The van der Waals surface area contributed by atoms with E-state index < -0.39 is 17.8 Å². The van der Waals surface area contributed by atoms with Crippen molar-refractivity contribution in [3.05, 3.63) is 46.6 Å². The Bertz CT molecular complexity index is 648. The molecule has 0 saturated carbocycles. The Labute approximate surface area is 112 Å². The van der Waals surface area contributed by atoms with Crippen LogP contribution in [-0.2, 0) is 4.74 Å². The predicted molar refractivity (Wildman–Crippen MR) is 68.0 cm³/mol. The quantitative estimate of drug-likeness (QED) is 0.878. The van der Waals surface area contributed by atoms with Crippen LogP contribution in [0.15, 0.2) is 29.6 Å². The maximum atomic E-state index is 13.5. The Kier molecular flexibility index (Phi) is 3.62. The molecule has 0 radical (unpaired) electrons. The first kappa shape index (κ1) is 13.2. The Morgan fingerprint density at radius 1 is 1.21 bits per heavy atom. The summed E-state index contributed by atoms with van der Waals surface area (Å²) in [4.78, 5) is 22.7. The summed E-state index contributed by atoms with van der Waals surface area (Å²) in [6.45, 7) is 0. The normalized spacial score (nSPS) is 10.2. The maximum Gasteiger partial charge on any atom is 0.337 e. The smallest absolute Gasteiger partial charge is 0.337 e. The van der Waals surface area contributed by atoms with E-state index in [4.69, 9.17) is 5.11 Å². The van der Waals surface area contributed by atoms with Gasteiger partial charge in [-0.2, -0.15) is 0 Å². The molecule has 0 fully saturated rings. The van der Waals surface area contributed by atoms with Crippen molar-refractivity contribution in [3.8, 4) is 10.4 Å². The summed E-state index contributed by atoms with van der Waals surface area (Å²) in [6, 6.07) is 5.21. The summed E-state index contributed by atoms with van der Waals surface area (Å²) in [7, 11) is 1.21. The molecular weight excluding hydrogens is 271 g/mol. The molecule has 1 aromatic carbocycles. The molecule has 0 bridgehead atoms. The fourth-order valence-electron chi connectivity index (χ4n) is 1.57. The Balaban J connectivity index is 2.46. The van der Waals surface area contributed by atoms with Gasteiger partial charge >= 0.3 is 11.9 Å². The first-order valence-corrected chi connectivity index (χ1v) is 6.10. The van der Waals surface area contributed by atoms with Crippen molar-refractivity contribution in [3.63, 3.8) is 0 Å². The van der Waals surface area contributed by atoms with E-state index in [9.17, 15) is 14.0 Å². The van der Waals surface area contributed by atoms with E-state index in [-0.39, 0.29) is 11.1 Å². The summed E-state index contributed by atoms with van der Waals surface area (Å²) in [6.07, 6.45) is 0. The number of benzene rings is 1.